The third kappa shape index (κ3) is 2.93. The number of aromatic nitrogens is 5. The Morgan fingerprint density at radius 2 is 2.03 bits per heavy atom. The van der Waals surface area contributed by atoms with Crippen LogP contribution in [0, 0.1) is 0 Å². The quantitative estimate of drug-likeness (QED) is 0.530. The number of hydrogen-bond acceptors (Lipinski definition) is 5. The molecule has 1 aromatic carbocycles. The van der Waals surface area contributed by atoms with E-state index in [1.54, 1.807) is 47.4 Å². The Hall–Kier alpha value is -3.36. The zero-order valence-electron chi connectivity index (χ0n) is 15.4. The molecule has 1 saturated heterocycles. The van der Waals surface area contributed by atoms with Crippen molar-refractivity contribution in [2.75, 3.05) is 11.4 Å². The highest BCUT2D eigenvalue weighted by Crippen LogP contribution is 2.36. The van der Waals surface area contributed by atoms with Gasteiger partial charge in [-0.15, -0.1) is 0 Å². The van der Waals surface area contributed by atoms with E-state index in [1.165, 1.54) is 0 Å². The van der Waals surface area contributed by atoms with Crippen LogP contribution in [0.4, 0.5) is 14.6 Å². The zero-order valence-corrected chi connectivity index (χ0v) is 15.4. The van der Waals surface area contributed by atoms with Gasteiger partial charge in [0.1, 0.15) is 11.3 Å². The first kappa shape index (κ1) is 17.7. The van der Waals surface area contributed by atoms with Crippen LogP contribution in [0.3, 0.4) is 0 Å². The lowest BCUT2D eigenvalue weighted by Crippen LogP contribution is -2.34. The summed E-state index contributed by atoms with van der Waals surface area (Å²) in [5, 5.41) is 4.59. The van der Waals surface area contributed by atoms with E-state index >= 15 is 0 Å². The highest BCUT2D eigenvalue weighted by molar-refractivity contribution is 5.77. The number of para-hydroxylation sites is 1. The maximum absolute atomic E-state index is 13.3. The average molecular weight is 396 g/mol. The van der Waals surface area contributed by atoms with Crippen molar-refractivity contribution in [3.63, 3.8) is 0 Å². The molecule has 1 unspecified atom stereocenters. The molecule has 0 bridgehead atoms. The van der Waals surface area contributed by atoms with Gasteiger partial charge >= 0.3 is 0 Å². The van der Waals surface area contributed by atoms with E-state index in [0.29, 0.717) is 35.5 Å². The molecule has 9 heteroatoms. The van der Waals surface area contributed by atoms with Crippen molar-refractivity contribution in [2.45, 2.75) is 31.9 Å². The summed E-state index contributed by atoms with van der Waals surface area (Å²) in [5.41, 5.74) is 0.900. The van der Waals surface area contributed by atoms with Crippen molar-refractivity contribution < 1.29 is 8.78 Å². The molecule has 0 amide bonds. The van der Waals surface area contributed by atoms with Crippen molar-refractivity contribution >= 4 is 22.2 Å². The van der Waals surface area contributed by atoms with Crippen molar-refractivity contribution in [3.8, 4) is 0 Å². The van der Waals surface area contributed by atoms with Gasteiger partial charge in [-0.3, -0.25) is 9.36 Å². The second-order valence-electron chi connectivity index (χ2n) is 7.06. The SMILES string of the molecule is O=c1c2ccccc2nc(C2CCCN2c2nccn3nccc23)n1CC(F)F. The van der Waals surface area contributed by atoms with E-state index in [-0.39, 0.29) is 6.04 Å². The summed E-state index contributed by atoms with van der Waals surface area (Å²) in [4.78, 5) is 24.2. The van der Waals surface area contributed by atoms with Crippen molar-refractivity contribution in [1.82, 2.24) is 24.1 Å². The maximum atomic E-state index is 13.3. The van der Waals surface area contributed by atoms with E-state index in [4.69, 9.17) is 0 Å². The highest BCUT2D eigenvalue weighted by Gasteiger charge is 2.33. The third-order valence-electron chi connectivity index (χ3n) is 5.34. The van der Waals surface area contributed by atoms with Gasteiger partial charge in [0.2, 0.25) is 0 Å². The fourth-order valence-corrected chi connectivity index (χ4v) is 4.11. The molecular formula is C20H18F2N6O. The summed E-state index contributed by atoms with van der Waals surface area (Å²) in [6, 6.07) is 8.40. The largest absolute Gasteiger partial charge is 0.345 e. The molecule has 1 aliphatic heterocycles. The molecule has 0 saturated carbocycles. The number of alkyl halides is 2. The van der Waals surface area contributed by atoms with Gasteiger partial charge in [-0.05, 0) is 31.0 Å². The first-order chi connectivity index (χ1) is 14.1. The van der Waals surface area contributed by atoms with Gasteiger partial charge in [0, 0.05) is 18.9 Å². The van der Waals surface area contributed by atoms with Crippen LogP contribution in [0.2, 0.25) is 0 Å². The molecule has 4 aromatic rings. The predicted octanol–water partition coefficient (Wildman–Crippen LogP) is 3.05. The number of anilines is 1. The average Bonchev–Trinajstić information content (AvgIpc) is 3.39. The van der Waals surface area contributed by atoms with Gasteiger partial charge in [-0.1, -0.05) is 12.1 Å². The molecule has 1 fully saturated rings. The molecule has 0 spiro atoms. The first-order valence-corrected chi connectivity index (χ1v) is 9.46. The number of hydrogen-bond donors (Lipinski definition) is 0. The fourth-order valence-electron chi connectivity index (χ4n) is 4.11. The van der Waals surface area contributed by atoms with Crippen LogP contribution in [0.15, 0.2) is 53.7 Å². The molecule has 0 aliphatic carbocycles. The lowest BCUT2D eigenvalue weighted by Gasteiger charge is -2.27. The number of nitrogens with zero attached hydrogens (tertiary/aromatic N) is 6. The fraction of sp³-hybridized carbons (Fsp3) is 0.300. The van der Waals surface area contributed by atoms with Gasteiger partial charge < -0.3 is 4.90 Å². The van der Waals surface area contributed by atoms with E-state index in [9.17, 15) is 13.6 Å². The standard InChI is InChI=1S/C20H18F2N6O/c21-17(22)12-27-19(25-14-5-2-1-4-13(14)20(27)29)15-6-3-10-26(15)18-16-7-8-24-28(16)11-9-23-18/h1-2,4-5,7-9,11,15,17H,3,6,10,12H2. The second kappa shape index (κ2) is 6.91. The van der Waals surface area contributed by atoms with Crippen LogP contribution in [0.25, 0.3) is 16.4 Å². The highest BCUT2D eigenvalue weighted by atomic mass is 19.3. The van der Waals surface area contributed by atoms with E-state index in [2.05, 4.69) is 15.1 Å². The molecular weight excluding hydrogens is 378 g/mol. The number of benzene rings is 1. The van der Waals surface area contributed by atoms with Crippen molar-refractivity contribution in [1.29, 1.82) is 0 Å². The molecule has 1 aliphatic rings. The summed E-state index contributed by atoms with van der Waals surface area (Å²) in [7, 11) is 0. The molecule has 0 N–H and O–H groups in total. The molecule has 1 atom stereocenters. The van der Waals surface area contributed by atoms with Crippen LogP contribution in [0.1, 0.15) is 24.7 Å². The smallest absolute Gasteiger partial charge is 0.261 e. The Morgan fingerprint density at radius 3 is 2.90 bits per heavy atom. The molecule has 4 heterocycles. The summed E-state index contributed by atoms with van der Waals surface area (Å²) in [5.74, 6) is 1.06. The minimum Gasteiger partial charge on any atom is -0.345 e. The normalized spacial score (nSPS) is 17.1. The predicted molar refractivity (Wildman–Crippen MR) is 104 cm³/mol. The van der Waals surface area contributed by atoms with Gasteiger partial charge in [0.05, 0.1) is 29.7 Å². The number of rotatable bonds is 4. The van der Waals surface area contributed by atoms with Crippen LogP contribution >= 0.6 is 0 Å². The lowest BCUT2D eigenvalue weighted by molar-refractivity contribution is 0.123. The molecule has 3 aromatic heterocycles. The van der Waals surface area contributed by atoms with Gasteiger partial charge in [0.25, 0.3) is 12.0 Å². The summed E-state index contributed by atoms with van der Waals surface area (Å²) < 4.78 is 29.5. The minimum atomic E-state index is -2.65. The molecule has 29 heavy (non-hydrogen) atoms. The van der Waals surface area contributed by atoms with Crippen molar-refractivity contribution in [2.24, 2.45) is 0 Å². The Morgan fingerprint density at radius 1 is 1.17 bits per heavy atom. The summed E-state index contributed by atoms with van der Waals surface area (Å²) >= 11 is 0. The Kier molecular flexibility index (Phi) is 4.22. The topological polar surface area (TPSA) is 68.3 Å². The monoisotopic (exact) mass is 396 g/mol. The number of halogens is 2. The van der Waals surface area contributed by atoms with Gasteiger partial charge in [-0.2, -0.15) is 5.10 Å². The Bertz CT molecular complexity index is 1250. The Labute approximate surface area is 164 Å². The molecule has 7 nitrogen and oxygen atoms in total. The van der Waals surface area contributed by atoms with E-state index < -0.39 is 18.5 Å². The van der Waals surface area contributed by atoms with Crippen LogP contribution < -0.4 is 10.5 Å². The van der Waals surface area contributed by atoms with Gasteiger partial charge in [0.15, 0.2) is 5.82 Å². The van der Waals surface area contributed by atoms with E-state index in [0.717, 1.165) is 16.5 Å². The molecule has 5 rings (SSSR count). The van der Waals surface area contributed by atoms with Crippen molar-refractivity contribution in [3.05, 3.63) is 65.1 Å². The first-order valence-electron chi connectivity index (χ1n) is 9.46. The molecule has 148 valence electrons. The maximum Gasteiger partial charge on any atom is 0.261 e. The van der Waals surface area contributed by atoms with Crippen LogP contribution in [-0.4, -0.2) is 37.1 Å². The lowest BCUT2D eigenvalue weighted by atomic mass is 10.1. The third-order valence-corrected chi connectivity index (χ3v) is 5.34. The van der Waals surface area contributed by atoms with Crippen LogP contribution in [-0.2, 0) is 6.54 Å². The minimum absolute atomic E-state index is 0.320. The molecule has 0 radical (unpaired) electrons. The van der Waals surface area contributed by atoms with Crippen LogP contribution in [0.5, 0.6) is 0 Å². The number of fused-ring (bicyclic) bond motifs is 2. The zero-order chi connectivity index (χ0) is 20.0. The van der Waals surface area contributed by atoms with Gasteiger partial charge in [-0.25, -0.2) is 23.3 Å². The Balaban J connectivity index is 1.69. The summed E-state index contributed by atoms with van der Waals surface area (Å²) in [6.07, 6.45) is 3.99. The summed E-state index contributed by atoms with van der Waals surface area (Å²) in [6.45, 7) is 0.0144. The van der Waals surface area contributed by atoms with E-state index in [1.807, 2.05) is 11.0 Å². The second-order valence-corrected chi connectivity index (χ2v) is 7.06.